The molecule has 100 valence electrons. The number of nitrogens with two attached hydrogens (primary N) is 1. The van der Waals surface area contributed by atoms with Gasteiger partial charge in [-0.1, -0.05) is 18.7 Å². The lowest BCUT2D eigenvalue weighted by Crippen LogP contribution is -2.11. The third-order valence-corrected chi connectivity index (χ3v) is 3.29. The molecule has 0 radical (unpaired) electrons. The fraction of sp³-hybridized carbons (Fsp3) is 0.545. The molecule has 1 unspecified atom stereocenters. The van der Waals surface area contributed by atoms with Crippen LogP contribution in [0.4, 0.5) is 5.82 Å². The minimum Gasteiger partial charge on any atom is -0.462 e. The number of carbonyl (C=O) groups is 1. The number of aliphatic hydroxyl groups excluding tert-OH is 1. The molecule has 0 amide bonds. The monoisotopic (exact) mass is 271 g/mol. The lowest BCUT2D eigenvalue weighted by atomic mass is 10.2. The standard InChI is InChI=1S/C11H17N3O3S/c1-3-17-10(16)8-4-13-11(14-9(8)12)18-6-7(2)5-15/h4,7,15H,3,5-6H2,1-2H3,(H2,12,13,14). The molecule has 7 heteroatoms. The van der Waals surface area contributed by atoms with Crippen LogP contribution < -0.4 is 5.73 Å². The van der Waals surface area contributed by atoms with Crippen molar-refractivity contribution < 1.29 is 14.6 Å². The predicted octanol–water partition coefficient (Wildman–Crippen LogP) is 0.956. The van der Waals surface area contributed by atoms with Gasteiger partial charge in [0, 0.05) is 18.6 Å². The van der Waals surface area contributed by atoms with Gasteiger partial charge < -0.3 is 15.6 Å². The van der Waals surface area contributed by atoms with E-state index in [4.69, 9.17) is 15.6 Å². The van der Waals surface area contributed by atoms with Gasteiger partial charge in [0.05, 0.1) is 6.61 Å². The lowest BCUT2D eigenvalue weighted by Gasteiger charge is -2.08. The molecule has 3 N–H and O–H groups in total. The van der Waals surface area contributed by atoms with Crippen molar-refractivity contribution in [2.75, 3.05) is 24.7 Å². The van der Waals surface area contributed by atoms with Crippen molar-refractivity contribution in [2.45, 2.75) is 19.0 Å². The Hall–Kier alpha value is -1.34. The maximum Gasteiger partial charge on any atom is 0.343 e. The highest BCUT2D eigenvalue weighted by molar-refractivity contribution is 7.99. The van der Waals surface area contributed by atoms with Gasteiger partial charge in [-0.2, -0.15) is 0 Å². The summed E-state index contributed by atoms with van der Waals surface area (Å²) in [5.74, 6) is 0.441. The van der Waals surface area contributed by atoms with Gasteiger partial charge in [-0.3, -0.25) is 0 Å². The molecular formula is C11H17N3O3S. The smallest absolute Gasteiger partial charge is 0.343 e. The molecule has 0 bridgehead atoms. The van der Waals surface area contributed by atoms with E-state index in [0.717, 1.165) is 0 Å². The van der Waals surface area contributed by atoms with E-state index in [1.807, 2.05) is 6.92 Å². The lowest BCUT2D eigenvalue weighted by molar-refractivity contribution is 0.0526. The Morgan fingerprint density at radius 3 is 2.94 bits per heavy atom. The van der Waals surface area contributed by atoms with Crippen LogP contribution in [0.5, 0.6) is 0 Å². The molecule has 1 aromatic heterocycles. The number of thioether (sulfide) groups is 1. The number of nitrogen functional groups attached to an aromatic ring is 1. The van der Waals surface area contributed by atoms with Crippen LogP contribution >= 0.6 is 11.8 Å². The highest BCUT2D eigenvalue weighted by atomic mass is 32.2. The van der Waals surface area contributed by atoms with Crippen molar-refractivity contribution in [1.82, 2.24) is 9.97 Å². The molecule has 1 atom stereocenters. The average Bonchev–Trinajstić information content (AvgIpc) is 2.36. The summed E-state index contributed by atoms with van der Waals surface area (Å²) in [6.07, 6.45) is 1.37. The Kier molecular flexibility index (Phi) is 5.87. The summed E-state index contributed by atoms with van der Waals surface area (Å²) in [4.78, 5) is 19.5. The van der Waals surface area contributed by atoms with Gasteiger partial charge >= 0.3 is 5.97 Å². The van der Waals surface area contributed by atoms with Crippen LogP contribution in [0, 0.1) is 5.92 Å². The van der Waals surface area contributed by atoms with Crippen LogP contribution in [0.2, 0.25) is 0 Å². The van der Waals surface area contributed by atoms with Crippen LogP contribution in [-0.4, -0.2) is 40.0 Å². The summed E-state index contributed by atoms with van der Waals surface area (Å²) in [5, 5.41) is 9.39. The van der Waals surface area contributed by atoms with E-state index in [2.05, 4.69) is 9.97 Å². The zero-order valence-electron chi connectivity index (χ0n) is 10.4. The first kappa shape index (κ1) is 14.7. The second-order valence-electron chi connectivity index (χ2n) is 3.77. The number of ether oxygens (including phenoxy) is 1. The van der Waals surface area contributed by atoms with Crippen molar-refractivity contribution in [1.29, 1.82) is 0 Å². The number of esters is 1. The number of rotatable bonds is 6. The van der Waals surface area contributed by atoms with E-state index >= 15 is 0 Å². The molecule has 0 aliphatic rings. The molecule has 1 heterocycles. The Labute approximate surface area is 110 Å². The zero-order valence-corrected chi connectivity index (χ0v) is 11.2. The Morgan fingerprint density at radius 1 is 1.67 bits per heavy atom. The molecule has 0 aromatic carbocycles. The quantitative estimate of drug-likeness (QED) is 0.451. The summed E-state index contributed by atoms with van der Waals surface area (Å²) < 4.78 is 4.83. The Morgan fingerprint density at radius 2 is 2.39 bits per heavy atom. The topological polar surface area (TPSA) is 98.3 Å². The summed E-state index contributed by atoms with van der Waals surface area (Å²) in [5.41, 5.74) is 5.85. The highest BCUT2D eigenvalue weighted by Gasteiger charge is 2.14. The van der Waals surface area contributed by atoms with Crippen molar-refractivity contribution in [3.05, 3.63) is 11.8 Å². The summed E-state index contributed by atoms with van der Waals surface area (Å²) >= 11 is 1.39. The average molecular weight is 271 g/mol. The largest absolute Gasteiger partial charge is 0.462 e. The molecular weight excluding hydrogens is 254 g/mol. The highest BCUT2D eigenvalue weighted by Crippen LogP contribution is 2.19. The van der Waals surface area contributed by atoms with Gasteiger partial charge in [0.15, 0.2) is 5.16 Å². The summed E-state index contributed by atoms with van der Waals surface area (Å²) in [6.45, 7) is 4.03. The van der Waals surface area contributed by atoms with Crippen molar-refractivity contribution in [3.8, 4) is 0 Å². The molecule has 18 heavy (non-hydrogen) atoms. The van der Waals surface area contributed by atoms with Crippen LogP contribution in [-0.2, 0) is 4.74 Å². The molecule has 1 rings (SSSR count). The maximum absolute atomic E-state index is 11.5. The minimum absolute atomic E-state index is 0.114. The number of aromatic nitrogens is 2. The van der Waals surface area contributed by atoms with E-state index in [1.54, 1.807) is 6.92 Å². The summed E-state index contributed by atoms with van der Waals surface area (Å²) in [7, 11) is 0. The van der Waals surface area contributed by atoms with E-state index in [-0.39, 0.29) is 30.5 Å². The fourth-order valence-corrected chi connectivity index (χ4v) is 1.91. The first-order chi connectivity index (χ1) is 8.58. The van der Waals surface area contributed by atoms with Gasteiger partial charge in [-0.25, -0.2) is 14.8 Å². The molecule has 1 aromatic rings. The first-order valence-corrected chi connectivity index (χ1v) is 6.60. The van der Waals surface area contributed by atoms with Gasteiger partial charge in [0.2, 0.25) is 0 Å². The molecule has 0 spiro atoms. The number of hydrogen-bond donors (Lipinski definition) is 2. The third kappa shape index (κ3) is 4.15. The van der Waals surface area contributed by atoms with Gasteiger partial charge in [0.1, 0.15) is 11.4 Å². The predicted molar refractivity (Wildman–Crippen MR) is 69.4 cm³/mol. The number of carbonyl (C=O) groups excluding carboxylic acids is 1. The number of nitrogens with zero attached hydrogens (tertiary/aromatic N) is 2. The number of hydrogen-bond acceptors (Lipinski definition) is 7. The normalized spacial score (nSPS) is 12.2. The second-order valence-corrected chi connectivity index (χ2v) is 4.76. The molecule has 0 saturated heterocycles. The Balaban J connectivity index is 2.70. The SMILES string of the molecule is CCOC(=O)c1cnc(SCC(C)CO)nc1N. The van der Waals surface area contributed by atoms with E-state index in [0.29, 0.717) is 10.9 Å². The van der Waals surface area contributed by atoms with Crippen molar-refractivity contribution in [3.63, 3.8) is 0 Å². The number of anilines is 1. The first-order valence-electron chi connectivity index (χ1n) is 5.61. The number of aliphatic hydroxyl groups is 1. The second kappa shape index (κ2) is 7.17. The van der Waals surface area contributed by atoms with Crippen LogP contribution in [0.1, 0.15) is 24.2 Å². The minimum atomic E-state index is -0.518. The Bertz CT molecular complexity index is 415. The van der Waals surface area contributed by atoms with Crippen LogP contribution in [0.15, 0.2) is 11.4 Å². The van der Waals surface area contributed by atoms with E-state index in [1.165, 1.54) is 18.0 Å². The molecule has 0 saturated carbocycles. The summed E-state index contributed by atoms with van der Waals surface area (Å²) in [6, 6.07) is 0. The zero-order chi connectivity index (χ0) is 13.5. The van der Waals surface area contributed by atoms with Crippen molar-refractivity contribution >= 4 is 23.5 Å². The molecule has 0 fully saturated rings. The fourth-order valence-electron chi connectivity index (χ4n) is 1.08. The van der Waals surface area contributed by atoms with Crippen LogP contribution in [0.3, 0.4) is 0 Å². The molecule has 0 aliphatic carbocycles. The molecule has 6 nitrogen and oxygen atoms in total. The van der Waals surface area contributed by atoms with Gasteiger partial charge in [-0.15, -0.1) is 0 Å². The van der Waals surface area contributed by atoms with E-state index in [9.17, 15) is 4.79 Å². The van der Waals surface area contributed by atoms with Crippen molar-refractivity contribution in [2.24, 2.45) is 5.92 Å². The maximum atomic E-state index is 11.5. The van der Waals surface area contributed by atoms with Gasteiger partial charge in [0.25, 0.3) is 0 Å². The van der Waals surface area contributed by atoms with Gasteiger partial charge in [-0.05, 0) is 12.8 Å². The molecule has 0 aliphatic heterocycles. The van der Waals surface area contributed by atoms with Crippen LogP contribution in [0.25, 0.3) is 0 Å². The third-order valence-electron chi connectivity index (χ3n) is 2.10. The van der Waals surface area contributed by atoms with E-state index < -0.39 is 5.97 Å².